The molecule has 0 aromatic carbocycles. The lowest BCUT2D eigenvalue weighted by molar-refractivity contribution is -0.00862. The van der Waals surface area contributed by atoms with Crippen LogP contribution < -0.4 is 5.32 Å². The molecular formula is C16H31NO. The molecule has 2 aliphatic carbocycles. The molecule has 0 saturated heterocycles. The van der Waals surface area contributed by atoms with Crippen LogP contribution in [0, 0.1) is 11.8 Å². The fourth-order valence-corrected chi connectivity index (χ4v) is 3.73. The van der Waals surface area contributed by atoms with Crippen LogP contribution in [0.1, 0.15) is 71.1 Å². The van der Waals surface area contributed by atoms with Gasteiger partial charge in [0.1, 0.15) is 0 Å². The highest BCUT2D eigenvalue weighted by Gasteiger charge is 2.32. The third-order valence-electron chi connectivity index (χ3n) is 5.27. The summed E-state index contributed by atoms with van der Waals surface area (Å²) in [5.41, 5.74) is -0.401. The molecule has 106 valence electrons. The van der Waals surface area contributed by atoms with E-state index in [0.717, 1.165) is 37.8 Å². The van der Waals surface area contributed by atoms with Crippen LogP contribution in [-0.4, -0.2) is 23.8 Å². The molecule has 2 fully saturated rings. The largest absolute Gasteiger partial charge is 0.389 e. The molecule has 18 heavy (non-hydrogen) atoms. The second kappa shape index (κ2) is 6.91. The van der Waals surface area contributed by atoms with E-state index in [9.17, 15) is 5.11 Å². The number of nitrogens with one attached hydrogen (secondary N) is 1. The highest BCUT2D eigenvalue weighted by Crippen LogP contribution is 2.33. The van der Waals surface area contributed by atoms with E-state index in [-0.39, 0.29) is 0 Å². The Hall–Kier alpha value is -0.0800. The minimum absolute atomic E-state index is 0.401. The van der Waals surface area contributed by atoms with Crippen LogP contribution in [-0.2, 0) is 0 Å². The van der Waals surface area contributed by atoms with Gasteiger partial charge < -0.3 is 10.4 Å². The van der Waals surface area contributed by atoms with Gasteiger partial charge in [0.15, 0.2) is 0 Å². The molecule has 0 heterocycles. The van der Waals surface area contributed by atoms with E-state index in [0.29, 0.717) is 0 Å². The third-order valence-corrected chi connectivity index (χ3v) is 5.27. The Morgan fingerprint density at radius 1 is 1.06 bits per heavy atom. The smallest absolute Gasteiger partial charge is 0.0771 e. The Bertz CT molecular complexity index is 227. The summed E-state index contributed by atoms with van der Waals surface area (Å²) in [4.78, 5) is 0. The quantitative estimate of drug-likeness (QED) is 0.710. The summed E-state index contributed by atoms with van der Waals surface area (Å²) < 4.78 is 0. The molecule has 0 aromatic rings. The standard InChI is InChI=1S/C16H31NO/c1-2-14-7-10-16(18,11-8-14)13-17-12-9-15-5-3-4-6-15/h14-15,17-18H,2-13H2,1H3. The Kier molecular flexibility index (Phi) is 5.50. The lowest BCUT2D eigenvalue weighted by Gasteiger charge is -2.36. The minimum atomic E-state index is -0.401. The average Bonchev–Trinajstić information content (AvgIpc) is 2.89. The van der Waals surface area contributed by atoms with Crippen LogP contribution in [0.15, 0.2) is 0 Å². The predicted octanol–water partition coefficient (Wildman–Crippen LogP) is 3.49. The van der Waals surface area contributed by atoms with Gasteiger partial charge >= 0.3 is 0 Å². The molecule has 0 atom stereocenters. The second-order valence-electron chi connectivity index (χ2n) is 6.69. The van der Waals surface area contributed by atoms with E-state index >= 15 is 0 Å². The molecule has 0 unspecified atom stereocenters. The maximum absolute atomic E-state index is 10.5. The van der Waals surface area contributed by atoms with Crippen LogP contribution in [0.2, 0.25) is 0 Å². The zero-order chi connectivity index (χ0) is 12.8. The molecule has 0 aromatic heterocycles. The average molecular weight is 253 g/mol. The third kappa shape index (κ3) is 4.24. The molecule has 0 aliphatic heterocycles. The molecule has 2 saturated carbocycles. The van der Waals surface area contributed by atoms with Crippen LogP contribution >= 0.6 is 0 Å². The van der Waals surface area contributed by atoms with Crippen molar-refractivity contribution in [2.75, 3.05) is 13.1 Å². The summed E-state index contributed by atoms with van der Waals surface area (Å²) in [6.45, 7) is 4.19. The van der Waals surface area contributed by atoms with Crippen molar-refractivity contribution >= 4 is 0 Å². The first kappa shape index (κ1) is 14.3. The molecule has 0 amide bonds. The molecule has 2 heteroatoms. The first-order valence-corrected chi connectivity index (χ1v) is 8.15. The Morgan fingerprint density at radius 2 is 1.72 bits per heavy atom. The Balaban J connectivity index is 1.57. The van der Waals surface area contributed by atoms with Gasteiger partial charge in [0.05, 0.1) is 5.60 Å². The first-order valence-electron chi connectivity index (χ1n) is 8.15. The zero-order valence-corrected chi connectivity index (χ0v) is 12.1. The van der Waals surface area contributed by atoms with Gasteiger partial charge in [-0.05, 0) is 50.5 Å². The fraction of sp³-hybridized carbons (Fsp3) is 1.00. The van der Waals surface area contributed by atoms with Crippen molar-refractivity contribution in [1.29, 1.82) is 0 Å². The first-order chi connectivity index (χ1) is 8.72. The highest BCUT2D eigenvalue weighted by molar-refractivity contribution is 4.87. The lowest BCUT2D eigenvalue weighted by atomic mass is 9.78. The summed E-state index contributed by atoms with van der Waals surface area (Å²) in [5, 5.41) is 14.0. The lowest BCUT2D eigenvalue weighted by Crippen LogP contribution is -2.43. The topological polar surface area (TPSA) is 32.3 Å². The van der Waals surface area contributed by atoms with Crippen molar-refractivity contribution < 1.29 is 5.11 Å². The Morgan fingerprint density at radius 3 is 2.33 bits per heavy atom. The molecule has 2 N–H and O–H groups in total. The molecule has 2 nitrogen and oxygen atoms in total. The van der Waals surface area contributed by atoms with Gasteiger partial charge in [-0.15, -0.1) is 0 Å². The zero-order valence-electron chi connectivity index (χ0n) is 12.1. The van der Waals surface area contributed by atoms with Crippen LogP contribution in [0.5, 0.6) is 0 Å². The van der Waals surface area contributed by atoms with E-state index in [2.05, 4.69) is 12.2 Å². The van der Waals surface area contributed by atoms with Crippen molar-refractivity contribution in [3.63, 3.8) is 0 Å². The van der Waals surface area contributed by atoms with Crippen molar-refractivity contribution in [3.8, 4) is 0 Å². The van der Waals surface area contributed by atoms with Gasteiger partial charge in [0, 0.05) is 6.54 Å². The van der Waals surface area contributed by atoms with Gasteiger partial charge in [-0.3, -0.25) is 0 Å². The van der Waals surface area contributed by atoms with Crippen LogP contribution in [0.25, 0.3) is 0 Å². The van der Waals surface area contributed by atoms with E-state index in [4.69, 9.17) is 0 Å². The van der Waals surface area contributed by atoms with Crippen molar-refractivity contribution in [3.05, 3.63) is 0 Å². The number of hydrogen-bond acceptors (Lipinski definition) is 2. The summed E-state index contributed by atoms with van der Waals surface area (Å²) >= 11 is 0. The normalized spacial score (nSPS) is 34.0. The van der Waals surface area contributed by atoms with Crippen molar-refractivity contribution in [2.24, 2.45) is 11.8 Å². The number of rotatable bonds is 6. The van der Waals surface area contributed by atoms with Gasteiger partial charge in [0.2, 0.25) is 0 Å². The summed E-state index contributed by atoms with van der Waals surface area (Å²) in [6, 6.07) is 0. The monoisotopic (exact) mass is 253 g/mol. The van der Waals surface area contributed by atoms with Crippen LogP contribution in [0.4, 0.5) is 0 Å². The van der Waals surface area contributed by atoms with Crippen molar-refractivity contribution in [1.82, 2.24) is 5.32 Å². The number of aliphatic hydroxyl groups is 1. The fourth-order valence-electron chi connectivity index (χ4n) is 3.73. The van der Waals surface area contributed by atoms with Crippen LogP contribution in [0.3, 0.4) is 0 Å². The van der Waals surface area contributed by atoms with E-state index < -0.39 is 5.60 Å². The van der Waals surface area contributed by atoms with Gasteiger partial charge in [-0.1, -0.05) is 39.0 Å². The Labute approximate surface area is 113 Å². The molecule has 2 aliphatic rings. The molecule has 2 rings (SSSR count). The summed E-state index contributed by atoms with van der Waals surface area (Å²) in [5.74, 6) is 1.83. The maximum Gasteiger partial charge on any atom is 0.0771 e. The highest BCUT2D eigenvalue weighted by atomic mass is 16.3. The van der Waals surface area contributed by atoms with Gasteiger partial charge in [-0.2, -0.15) is 0 Å². The second-order valence-corrected chi connectivity index (χ2v) is 6.69. The maximum atomic E-state index is 10.5. The summed E-state index contributed by atoms with van der Waals surface area (Å²) in [7, 11) is 0. The minimum Gasteiger partial charge on any atom is -0.389 e. The van der Waals surface area contributed by atoms with E-state index in [1.165, 1.54) is 51.4 Å². The molecule has 0 spiro atoms. The molecule has 0 radical (unpaired) electrons. The molecule has 0 bridgehead atoms. The SMILES string of the molecule is CCC1CCC(O)(CNCCC2CCCC2)CC1. The molecular weight excluding hydrogens is 222 g/mol. The predicted molar refractivity (Wildman–Crippen MR) is 76.6 cm³/mol. The number of hydrogen-bond donors (Lipinski definition) is 2. The van der Waals surface area contributed by atoms with Gasteiger partial charge in [-0.25, -0.2) is 0 Å². The van der Waals surface area contributed by atoms with Gasteiger partial charge in [0.25, 0.3) is 0 Å². The van der Waals surface area contributed by atoms with Crippen molar-refractivity contribution in [2.45, 2.75) is 76.7 Å². The van der Waals surface area contributed by atoms with E-state index in [1.54, 1.807) is 0 Å². The summed E-state index contributed by atoms with van der Waals surface area (Å²) in [6.07, 6.45) is 12.8. The van der Waals surface area contributed by atoms with E-state index in [1.807, 2.05) is 0 Å².